The molecule has 11 heteroatoms. The van der Waals surface area contributed by atoms with E-state index in [1.807, 2.05) is 6.92 Å². The molecular weight excluding hydrogens is 389 g/mol. The Kier molecular flexibility index (Phi) is 5.58. The summed E-state index contributed by atoms with van der Waals surface area (Å²) in [5.41, 5.74) is 4.57. The number of anilines is 1. The molecule has 0 unspecified atom stereocenters. The van der Waals surface area contributed by atoms with Crippen molar-refractivity contribution in [2.24, 2.45) is 17.6 Å². The first-order valence-electron chi connectivity index (χ1n) is 9.41. The molecule has 0 aromatic carbocycles. The van der Waals surface area contributed by atoms with Crippen molar-refractivity contribution >= 4 is 17.6 Å². The van der Waals surface area contributed by atoms with Gasteiger partial charge >= 0.3 is 6.18 Å². The SMILES string of the molecule is C[C@@H]1C[C@H]1C(=O)Nc1nn(C2(CC#N)CCN(CC(F)(F)F)CC2)cc1C(N)=O. The van der Waals surface area contributed by atoms with Gasteiger partial charge in [-0.2, -0.15) is 23.5 Å². The van der Waals surface area contributed by atoms with Gasteiger partial charge in [0.05, 0.1) is 24.6 Å². The zero-order chi connectivity index (χ0) is 21.4. The molecule has 2 amide bonds. The number of carbonyl (C=O) groups excluding carboxylic acids is 2. The lowest BCUT2D eigenvalue weighted by Gasteiger charge is -2.40. The maximum Gasteiger partial charge on any atom is 0.401 e. The van der Waals surface area contributed by atoms with E-state index in [2.05, 4.69) is 16.5 Å². The second-order valence-corrected chi connectivity index (χ2v) is 7.96. The third-order valence-corrected chi connectivity index (χ3v) is 5.75. The summed E-state index contributed by atoms with van der Waals surface area (Å²) >= 11 is 0. The van der Waals surface area contributed by atoms with Gasteiger partial charge in [0.25, 0.3) is 5.91 Å². The summed E-state index contributed by atoms with van der Waals surface area (Å²) in [6, 6.07) is 2.07. The number of aromatic nitrogens is 2. The van der Waals surface area contributed by atoms with Gasteiger partial charge in [0, 0.05) is 25.2 Å². The summed E-state index contributed by atoms with van der Waals surface area (Å²) in [6.07, 6.45) is -1.64. The van der Waals surface area contributed by atoms with Gasteiger partial charge in [-0.3, -0.25) is 19.2 Å². The van der Waals surface area contributed by atoms with E-state index in [-0.39, 0.29) is 61.5 Å². The Morgan fingerprint density at radius 3 is 2.52 bits per heavy atom. The molecule has 2 aliphatic rings. The number of alkyl halides is 3. The van der Waals surface area contributed by atoms with E-state index >= 15 is 0 Å². The monoisotopic (exact) mass is 412 g/mol. The van der Waals surface area contributed by atoms with Gasteiger partial charge in [-0.25, -0.2) is 0 Å². The summed E-state index contributed by atoms with van der Waals surface area (Å²) in [5, 5.41) is 16.2. The number of halogens is 3. The molecule has 1 aliphatic heterocycles. The highest BCUT2D eigenvalue weighted by atomic mass is 19.4. The quantitative estimate of drug-likeness (QED) is 0.739. The average molecular weight is 412 g/mol. The fraction of sp³-hybridized carbons (Fsp3) is 0.667. The molecular formula is C18H23F3N6O2. The predicted octanol–water partition coefficient (Wildman–Crippen LogP) is 1.84. The minimum Gasteiger partial charge on any atom is -0.365 e. The van der Waals surface area contributed by atoms with Crippen molar-refractivity contribution in [1.29, 1.82) is 5.26 Å². The minimum atomic E-state index is -4.29. The van der Waals surface area contributed by atoms with Crippen LogP contribution in [0.5, 0.6) is 0 Å². The van der Waals surface area contributed by atoms with Gasteiger partial charge in [0.15, 0.2) is 5.82 Å². The lowest BCUT2D eigenvalue weighted by Crippen LogP contribution is -2.48. The van der Waals surface area contributed by atoms with E-state index in [4.69, 9.17) is 5.73 Å². The van der Waals surface area contributed by atoms with E-state index < -0.39 is 24.2 Å². The van der Waals surface area contributed by atoms with Crippen molar-refractivity contribution < 1.29 is 22.8 Å². The Balaban J connectivity index is 1.82. The van der Waals surface area contributed by atoms with Crippen LogP contribution in [0.15, 0.2) is 6.20 Å². The molecule has 1 aromatic heterocycles. The number of rotatable bonds is 6. The number of piperidine rings is 1. The summed E-state index contributed by atoms with van der Waals surface area (Å²) in [4.78, 5) is 25.4. The molecule has 8 nitrogen and oxygen atoms in total. The molecule has 1 aliphatic carbocycles. The van der Waals surface area contributed by atoms with Crippen LogP contribution in [-0.4, -0.2) is 52.3 Å². The fourth-order valence-corrected chi connectivity index (χ4v) is 3.80. The predicted molar refractivity (Wildman–Crippen MR) is 96.6 cm³/mol. The number of nitrogens with zero attached hydrogens (tertiary/aromatic N) is 4. The Labute approximate surface area is 165 Å². The molecule has 1 aromatic rings. The molecule has 0 radical (unpaired) electrons. The molecule has 29 heavy (non-hydrogen) atoms. The number of likely N-dealkylation sites (tertiary alicyclic amines) is 1. The highest BCUT2D eigenvalue weighted by Gasteiger charge is 2.42. The zero-order valence-electron chi connectivity index (χ0n) is 16.0. The lowest BCUT2D eigenvalue weighted by molar-refractivity contribution is -0.150. The Hall–Kier alpha value is -2.61. The number of nitrogens with two attached hydrogens (primary N) is 1. The molecule has 158 valence electrons. The molecule has 2 atom stereocenters. The Bertz CT molecular complexity index is 836. The molecule has 1 saturated carbocycles. The minimum absolute atomic E-state index is 0.0137. The standard InChI is InChI=1S/C18H23F3N6O2/c1-11-8-12(11)16(29)24-15-13(14(23)28)9-27(25-15)17(2-5-22)3-6-26(7-4-17)10-18(19,20)21/h9,11-12H,2-4,6-8,10H2,1H3,(H2,23,28)(H,24,25,29)/t11-,12-/m1/s1. The maximum atomic E-state index is 12.7. The highest BCUT2D eigenvalue weighted by Crippen LogP contribution is 2.39. The molecule has 0 bridgehead atoms. The molecule has 3 rings (SSSR count). The molecule has 2 fully saturated rings. The second kappa shape index (κ2) is 7.67. The number of hydrogen-bond acceptors (Lipinski definition) is 5. The molecule has 2 heterocycles. The first-order chi connectivity index (χ1) is 13.5. The van der Waals surface area contributed by atoms with Crippen molar-refractivity contribution in [3.63, 3.8) is 0 Å². The lowest BCUT2D eigenvalue weighted by atomic mass is 9.85. The topological polar surface area (TPSA) is 117 Å². The molecule has 0 spiro atoms. The van der Waals surface area contributed by atoms with E-state index in [1.165, 1.54) is 15.8 Å². The summed E-state index contributed by atoms with van der Waals surface area (Å²) in [6.45, 7) is 1.19. The van der Waals surface area contributed by atoms with Gasteiger partial charge in [-0.15, -0.1) is 0 Å². The Morgan fingerprint density at radius 2 is 2.03 bits per heavy atom. The summed E-state index contributed by atoms with van der Waals surface area (Å²) in [7, 11) is 0. The van der Waals surface area contributed by atoms with Crippen molar-refractivity contribution in [2.75, 3.05) is 25.0 Å². The van der Waals surface area contributed by atoms with E-state index in [9.17, 15) is 28.0 Å². The van der Waals surface area contributed by atoms with Crippen molar-refractivity contribution in [2.45, 2.75) is 44.3 Å². The number of amides is 2. The first-order valence-corrected chi connectivity index (χ1v) is 9.41. The van der Waals surface area contributed by atoms with Gasteiger partial charge in [-0.05, 0) is 25.2 Å². The van der Waals surface area contributed by atoms with Crippen LogP contribution in [0.3, 0.4) is 0 Å². The van der Waals surface area contributed by atoms with Crippen LogP contribution in [0.4, 0.5) is 19.0 Å². The molecule has 3 N–H and O–H groups in total. The van der Waals surface area contributed by atoms with Gasteiger partial charge in [0.1, 0.15) is 5.56 Å². The van der Waals surface area contributed by atoms with Gasteiger partial charge in [0.2, 0.25) is 5.91 Å². The largest absolute Gasteiger partial charge is 0.401 e. The van der Waals surface area contributed by atoms with E-state index in [0.29, 0.717) is 0 Å². The number of nitrogens with one attached hydrogen (secondary N) is 1. The first kappa shape index (κ1) is 21.1. The van der Waals surface area contributed by atoms with Crippen LogP contribution in [0, 0.1) is 23.2 Å². The number of primary amides is 1. The fourth-order valence-electron chi connectivity index (χ4n) is 3.80. The van der Waals surface area contributed by atoms with Gasteiger partial charge < -0.3 is 11.1 Å². The van der Waals surface area contributed by atoms with Gasteiger partial charge in [-0.1, -0.05) is 6.92 Å². The van der Waals surface area contributed by atoms with E-state index in [0.717, 1.165) is 6.42 Å². The summed E-state index contributed by atoms with van der Waals surface area (Å²) in [5.74, 6) is -0.884. The zero-order valence-corrected chi connectivity index (χ0v) is 16.0. The van der Waals surface area contributed by atoms with Crippen molar-refractivity contribution in [3.8, 4) is 6.07 Å². The Morgan fingerprint density at radius 1 is 1.41 bits per heavy atom. The van der Waals surface area contributed by atoms with Crippen LogP contribution in [0.1, 0.15) is 43.0 Å². The smallest absolute Gasteiger partial charge is 0.365 e. The van der Waals surface area contributed by atoms with Crippen molar-refractivity contribution in [1.82, 2.24) is 14.7 Å². The third kappa shape index (κ3) is 4.70. The number of hydrogen-bond donors (Lipinski definition) is 2. The normalized spacial score (nSPS) is 24.0. The molecule has 1 saturated heterocycles. The number of carbonyl (C=O) groups is 2. The van der Waals surface area contributed by atoms with Crippen LogP contribution in [0.25, 0.3) is 0 Å². The average Bonchev–Trinajstić information content (AvgIpc) is 3.19. The second-order valence-electron chi connectivity index (χ2n) is 7.96. The van der Waals surface area contributed by atoms with Crippen LogP contribution < -0.4 is 11.1 Å². The highest BCUT2D eigenvalue weighted by molar-refractivity contribution is 6.02. The van der Waals surface area contributed by atoms with Crippen LogP contribution in [0.2, 0.25) is 0 Å². The van der Waals surface area contributed by atoms with Crippen LogP contribution >= 0.6 is 0 Å². The summed E-state index contributed by atoms with van der Waals surface area (Å²) < 4.78 is 39.4. The van der Waals surface area contributed by atoms with E-state index in [1.54, 1.807) is 0 Å². The van der Waals surface area contributed by atoms with Crippen LogP contribution in [-0.2, 0) is 10.3 Å². The number of nitriles is 1. The maximum absolute atomic E-state index is 12.7. The van der Waals surface area contributed by atoms with Crippen molar-refractivity contribution in [3.05, 3.63) is 11.8 Å². The third-order valence-electron chi connectivity index (χ3n) is 5.75.